The van der Waals surface area contributed by atoms with Crippen molar-refractivity contribution in [2.45, 2.75) is 59.4 Å². The molecule has 0 aliphatic heterocycles. The summed E-state index contributed by atoms with van der Waals surface area (Å²) in [5.41, 5.74) is 10.1. The lowest BCUT2D eigenvalue weighted by Crippen LogP contribution is -2.25. The molecule has 1 rings (SSSR count). The highest BCUT2D eigenvalue weighted by Gasteiger charge is 2.12. The molecule has 0 spiro atoms. The van der Waals surface area contributed by atoms with E-state index in [0.29, 0.717) is 5.92 Å². The molecule has 3 nitrogen and oxygen atoms in total. The fraction of sp³-hybridized carbons (Fsp3) is 0.500. The smallest absolute Gasteiger partial charge is 0.0561 e. The molecule has 0 amide bonds. The summed E-state index contributed by atoms with van der Waals surface area (Å²) in [6.45, 7) is 8.73. The van der Waals surface area contributed by atoms with Crippen LogP contribution in [0, 0.1) is 11.3 Å². The summed E-state index contributed by atoms with van der Waals surface area (Å²) in [5.74, 6) is 0.546. The number of unbranched alkanes of at least 4 members (excludes halogenated alkanes) is 1. The lowest BCUT2D eigenvalue weighted by Gasteiger charge is -2.16. The zero-order valence-electron chi connectivity index (χ0n) is 16.3. The monoisotopic (exact) mass is 341 g/mol. The van der Waals surface area contributed by atoms with Gasteiger partial charge in [0, 0.05) is 17.7 Å². The maximum Gasteiger partial charge on any atom is 0.0561 e. The van der Waals surface area contributed by atoms with Gasteiger partial charge in [0.2, 0.25) is 0 Å². The SMILES string of the molecule is CC(C)C(N)CC=CCCC=CCC(C)(C)C=NNc1ccccc1. The van der Waals surface area contributed by atoms with Crippen LogP contribution in [0.5, 0.6) is 0 Å². The molecule has 25 heavy (non-hydrogen) atoms. The van der Waals surface area contributed by atoms with Gasteiger partial charge in [0.25, 0.3) is 0 Å². The second-order valence-corrected chi connectivity index (χ2v) is 7.59. The predicted octanol–water partition coefficient (Wildman–Crippen LogP) is 5.77. The van der Waals surface area contributed by atoms with Gasteiger partial charge < -0.3 is 5.73 Å². The number of allylic oxidation sites excluding steroid dienone is 3. The van der Waals surface area contributed by atoms with Gasteiger partial charge in [0.15, 0.2) is 0 Å². The van der Waals surface area contributed by atoms with Crippen molar-refractivity contribution in [2.24, 2.45) is 22.2 Å². The van der Waals surface area contributed by atoms with Crippen molar-refractivity contribution in [3.8, 4) is 0 Å². The Bertz CT molecular complexity index is 542. The highest BCUT2D eigenvalue weighted by atomic mass is 15.3. The first kappa shape index (κ1) is 21.2. The van der Waals surface area contributed by atoms with Gasteiger partial charge in [-0.1, -0.05) is 70.2 Å². The molecule has 1 aromatic rings. The molecule has 0 aliphatic carbocycles. The summed E-state index contributed by atoms with van der Waals surface area (Å²) in [7, 11) is 0. The molecule has 3 N–H and O–H groups in total. The average molecular weight is 342 g/mol. The van der Waals surface area contributed by atoms with E-state index in [1.54, 1.807) is 0 Å². The molecule has 0 bridgehead atoms. The van der Waals surface area contributed by atoms with Crippen LogP contribution < -0.4 is 11.2 Å². The zero-order chi connectivity index (χ0) is 18.5. The first-order valence-electron chi connectivity index (χ1n) is 9.31. The zero-order valence-corrected chi connectivity index (χ0v) is 16.3. The Balaban J connectivity index is 2.22. The average Bonchev–Trinajstić information content (AvgIpc) is 2.57. The molecule has 0 aliphatic rings. The van der Waals surface area contributed by atoms with E-state index in [4.69, 9.17) is 5.73 Å². The van der Waals surface area contributed by atoms with E-state index in [1.807, 2.05) is 36.5 Å². The van der Waals surface area contributed by atoms with E-state index >= 15 is 0 Å². The Morgan fingerprint density at radius 2 is 1.68 bits per heavy atom. The summed E-state index contributed by atoms with van der Waals surface area (Å²) in [6.07, 6.45) is 15.0. The second kappa shape index (κ2) is 11.6. The van der Waals surface area contributed by atoms with E-state index in [-0.39, 0.29) is 11.5 Å². The number of para-hydroxylation sites is 1. The van der Waals surface area contributed by atoms with Crippen LogP contribution in [0.1, 0.15) is 53.4 Å². The minimum atomic E-state index is 0.0398. The van der Waals surface area contributed by atoms with Crippen LogP contribution in [0.15, 0.2) is 59.7 Å². The molecule has 1 atom stereocenters. The Labute approximate surface area is 154 Å². The van der Waals surface area contributed by atoms with Gasteiger partial charge in [-0.15, -0.1) is 0 Å². The summed E-state index contributed by atoms with van der Waals surface area (Å²) in [6, 6.07) is 10.3. The van der Waals surface area contributed by atoms with Crippen molar-refractivity contribution < 1.29 is 0 Å². The Morgan fingerprint density at radius 1 is 1.04 bits per heavy atom. The number of hydrogen-bond donors (Lipinski definition) is 2. The second-order valence-electron chi connectivity index (χ2n) is 7.59. The summed E-state index contributed by atoms with van der Waals surface area (Å²) in [4.78, 5) is 0. The summed E-state index contributed by atoms with van der Waals surface area (Å²) < 4.78 is 0. The first-order chi connectivity index (χ1) is 11.9. The van der Waals surface area contributed by atoms with E-state index < -0.39 is 0 Å². The minimum absolute atomic E-state index is 0.0398. The van der Waals surface area contributed by atoms with Crippen LogP contribution in [0.25, 0.3) is 0 Å². The van der Waals surface area contributed by atoms with Gasteiger partial charge in [-0.25, -0.2) is 0 Å². The number of rotatable bonds is 11. The van der Waals surface area contributed by atoms with Gasteiger partial charge in [-0.05, 0) is 43.7 Å². The summed E-state index contributed by atoms with van der Waals surface area (Å²) >= 11 is 0. The van der Waals surface area contributed by atoms with E-state index in [0.717, 1.165) is 31.4 Å². The molecular weight excluding hydrogens is 306 g/mol. The van der Waals surface area contributed by atoms with Crippen LogP contribution in [-0.4, -0.2) is 12.3 Å². The van der Waals surface area contributed by atoms with Gasteiger partial charge in [-0.3, -0.25) is 5.43 Å². The number of nitrogens with two attached hydrogens (primary N) is 1. The minimum Gasteiger partial charge on any atom is -0.327 e. The third-order valence-electron chi connectivity index (χ3n) is 4.12. The lowest BCUT2D eigenvalue weighted by molar-refractivity contribution is 0.497. The largest absolute Gasteiger partial charge is 0.327 e. The fourth-order valence-corrected chi connectivity index (χ4v) is 2.19. The van der Waals surface area contributed by atoms with Gasteiger partial charge >= 0.3 is 0 Å². The first-order valence-corrected chi connectivity index (χ1v) is 9.31. The molecule has 0 heterocycles. The van der Waals surface area contributed by atoms with Gasteiger partial charge in [0.05, 0.1) is 5.69 Å². The van der Waals surface area contributed by atoms with E-state index in [2.05, 4.69) is 62.5 Å². The van der Waals surface area contributed by atoms with Crippen molar-refractivity contribution >= 4 is 11.9 Å². The maximum atomic E-state index is 6.02. The highest BCUT2D eigenvalue weighted by molar-refractivity contribution is 5.66. The maximum absolute atomic E-state index is 6.02. The number of nitrogens with one attached hydrogen (secondary N) is 1. The number of hydrazone groups is 1. The van der Waals surface area contributed by atoms with Crippen LogP contribution in [-0.2, 0) is 0 Å². The molecule has 3 heteroatoms. The van der Waals surface area contributed by atoms with E-state index in [9.17, 15) is 0 Å². The van der Waals surface area contributed by atoms with Gasteiger partial charge in [-0.2, -0.15) is 5.10 Å². The highest BCUT2D eigenvalue weighted by Crippen LogP contribution is 2.18. The molecule has 0 aromatic heterocycles. The quantitative estimate of drug-likeness (QED) is 0.232. The standard InChI is InChI=1S/C22H35N3/c1-19(2)21(23)16-12-7-5-6-8-13-17-22(3,4)18-24-25-20-14-10-9-11-15-20/h7-15,18-19,21,25H,5-6,16-17,23H2,1-4H3. The van der Waals surface area contributed by atoms with Crippen molar-refractivity contribution in [1.82, 2.24) is 0 Å². The predicted molar refractivity (Wildman–Crippen MR) is 112 cm³/mol. The van der Waals surface area contributed by atoms with E-state index in [1.165, 1.54) is 0 Å². The molecule has 0 saturated carbocycles. The number of hydrogen-bond acceptors (Lipinski definition) is 3. The molecule has 138 valence electrons. The molecule has 1 unspecified atom stereocenters. The molecule has 0 fully saturated rings. The topological polar surface area (TPSA) is 50.4 Å². The van der Waals surface area contributed by atoms with Crippen molar-refractivity contribution in [2.75, 3.05) is 5.43 Å². The van der Waals surface area contributed by atoms with Crippen molar-refractivity contribution in [3.63, 3.8) is 0 Å². The molecule has 0 saturated heterocycles. The summed E-state index contributed by atoms with van der Waals surface area (Å²) in [5, 5.41) is 4.35. The third-order valence-corrected chi connectivity index (χ3v) is 4.12. The van der Waals surface area contributed by atoms with Crippen LogP contribution in [0.2, 0.25) is 0 Å². The van der Waals surface area contributed by atoms with Crippen LogP contribution in [0.4, 0.5) is 5.69 Å². The molecule has 1 aromatic carbocycles. The number of nitrogens with zero attached hydrogens (tertiary/aromatic N) is 1. The Morgan fingerprint density at radius 3 is 2.32 bits per heavy atom. The number of anilines is 1. The van der Waals surface area contributed by atoms with Crippen molar-refractivity contribution in [3.05, 3.63) is 54.6 Å². The fourth-order valence-electron chi connectivity index (χ4n) is 2.19. The normalized spacial score (nSPS) is 14.2. The van der Waals surface area contributed by atoms with Gasteiger partial charge in [0.1, 0.15) is 0 Å². The third kappa shape index (κ3) is 10.6. The number of benzene rings is 1. The molecule has 0 radical (unpaired) electrons. The van der Waals surface area contributed by atoms with Crippen LogP contribution in [0.3, 0.4) is 0 Å². The Hall–Kier alpha value is -1.87. The van der Waals surface area contributed by atoms with Crippen LogP contribution >= 0.6 is 0 Å². The Kier molecular flexibility index (Phi) is 9.86. The lowest BCUT2D eigenvalue weighted by atomic mass is 9.91. The molecular formula is C22H35N3. The van der Waals surface area contributed by atoms with Crippen molar-refractivity contribution in [1.29, 1.82) is 0 Å².